The Kier molecular flexibility index (Phi) is 7.62. The predicted octanol–water partition coefficient (Wildman–Crippen LogP) is 4.79. The molecule has 34 heavy (non-hydrogen) atoms. The molecule has 1 atom stereocenters. The van der Waals surface area contributed by atoms with Crippen LogP contribution in [0.4, 0.5) is 5.13 Å². The van der Waals surface area contributed by atoms with Gasteiger partial charge in [-0.25, -0.2) is 4.98 Å². The van der Waals surface area contributed by atoms with Crippen LogP contribution in [0.1, 0.15) is 40.1 Å². The number of rotatable bonds is 9. The number of amides is 2. The summed E-state index contributed by atoms with van der Waals surface area (Å²) in [6, 6.07) is 20.2. The Morgan fingerprint density at radius 2 is 1.82 bits per heavy atom. The van der Waals surface area contributed by atoms with Crippen LogP contribution in [0.2, 0.25) is 0 Å². The molecule has 0 spiro atoms. The molecule has 0 bridgehead atoms. The lowest BCUT2D eigenvalue weighted by Gasteiger charge is -2.15. The van der Waals surface area contributed by atoms with Gasteiger partial charge in [0.1, 0.15) is 12.4 Å². The van der Waals surface area contributed by atoms with Crippen LogP contribution < -0.4 is 15.4 Å². The first kappa shape index (κ1) is 23.1. The van der Waals surface area contributed by atoms with Crippen molar-refractivity contribution in [2.75, 3.05) is 5.32 Å². The monoisotopic (exact) mass is 472 g/mol. The third kappa shape index (κ3) is 6.49. The molecule has 4 rings (SSSR count). The molecule has 0 radical (unpaired) electrons. The SMILES string of the molecule is CC(NC(=O)Cc1csc(NC(=O)c2ccccc2)n1)c1ccc(OCc2cccnc2)cc1. The molecule has 172 valence electrons. The second-order valence-corrected chi connectivity index (χ2v) is 8.51. The van der Waals surface area contributed by atoms with Gasteiger partial charge in [0.15, 0.2) is 5.13 Å². The Morgan fingerprint density at radius 3 is 2.56 bits per heavy atom. The van der Waals surface area contributed by atoms with Gasteiger partial charge in [-0.1, -0.05) is 36.4 Å². The minimum Gasteiger partial charge on any atom is -0.489 e. The number of ether oxygens (including phenoxy) is 1. The third-order valence-electron chi connectivity index (χ3n) is 5.04. The highest BCUT2D eigenvalue weighted by Gasteiger charge is 2.14. The number of carbonyl (C=O) groups excluding carboxylic acids is 2. The fourth-order valence-corrected chi connectivity index (χ4v) is 3.95. The average Bonchev–Trinajstić information content (AvgIpc) is 3.30. The van der Waals surface area contributed by atoms with Crippen LogP contribution in [-0.4, -0.2) is 21.8 Å². The van der Waals surface area contributed by atoms with E-state index in [2.05, 4.69) is 20.6 Å². The third-order valence-corrected chi connectivity index (χ3v) is 5.84. The van der Waals surface area contributed by atoms with Gasteiger partial charge in [0.25, 0.3) is 5.91 Å². The molecule has 0 aliphatic carbocycles. The molecule has 8 heteroatoms. The molecule has 0 saturated heterocycles. The Balaban J connectivity index is 1.25. The molecular weight excluding hydrogens is 448 g/mol. The highest BCUT2D eigenvalue weighted by atomic mass is 32.1. The summed E-state index contributed by atoms with van der Waals surface area (Å²) in [5, 5.41) is 7.99. The summed E-state index contributed by atoms with van der Waals surface area (Å²) in [6.07, 6.45) is 3.63. The summed E-state index contributed by atoms with van der Waals surface area (Å²) >= 11 is 1.29. The zero-order valence-corrected chi connectivity index (χ0v) is 19.4. The van der Waals surface area contributed by atoms with Crippen molar-refractivity contribution in [2.45, 2.75) is 26.0 Å². The van der Waals surface area contributed by atoms with Gasteiger partial charge < -0.3 is 10.1 Å². The van der Waals surface area contributed by atoms with Gasteiger partial charge in [-0.15, -0.1) is 11.3 Å². The van der Waals surface area contributed by atoms with E-state index >= 15 is 0 Å². The van der Waals surface area contributed by atoms with Crippen molar-refractivity contribution in [1.29, 1.82) is 0 Å². The molecule has 0 aliphatic heterocycles. The first-order chi connectivity index (χ1) is 16.6. The first-order valence-electron chi connectivity index (χ1n) is 10.8. The second-order valence-electron chi connectivity index (χ2n) is 7.65. The molecule has 7 nitrogen and oxygen atoms in total. The summed E-state index contributed by atoms with van der Waals surface area (Å²) in [5.41, 5.74) is 3.13. The number of thiazole rings is 1. The standard InChI is InChI=1S/C26H24N4O3S/c1-18(20-9-11-23(12-10-20)33-16-19-6-5-13-27-15-19)28-24(31)14-22-17-34-26(29-22)30-25(32)21-7-3-2-4-8-21/h2-13,15,17-18H,14,16H2,1H3,(H,28,31)(H,29,30,32). The van der Waals surface area contributed by atoms with E-state index in [1.165, 1.54) is 11.3 Å². The quantitative estimate of drug-likeness (QED) is 0.365. The van der Waals surface area contributed by atoms with Crippen molar-refractivity contribution in [1.82, 2.24) is 15.3 Å². The minimum absolute atomic E-state index is 0.133. The molecule has 0 aliphatic rings. The normalized spacial score (nSPS) is 11.4. The Bertz CT molecular complexity index is 1230. The lowest BCUT2D eigenvalue weighted by molar-refractivity contribution is -0.121. The zero-order valence-electron chi connectivity index (χ0n) is 18.6. The van der Waals surface area contributed by atoms with Crippen molar-refractivity contribution in [3.63, 3.8) is 0 Å². The van der Waals surface area contributed by atoms with E-state index in [1.54, 1.807) is 42.0 Å². The van der Waals surface area contributed by atoms with Crippen molar-refractivity contribution in [3.8, 4) is 5.75 Å². The van der Waals surface area contributed by atoms with Gasteiger partial charge in [-0.05, 0) is 42.8 Å². The number of anilines is 1. The molecule has 4 aromatic rings. The Hall–Kier alpha value is -4.04. The fourth-order valence-electron chi connectivity index (χ4n) is 3.25. The van der Waals surface area contributed by atoms with E-state index in [4.69, 9.17) is 4.74 Å². The summed E-state index contributed by atoms with van der Waals surface area (Å²) < 4.78 is 5.78. The van der Waals surface area contributed by atoms with E-state index < -0.39 is 0 Å². The Morgan fingerprint density at radius 1 is 1.03 bits per heavy atom. The summed E-state index contributed by atoms with van der Waals surface area (Å²) in [5.74, 6) is 0.377. The van der Waals surface area contributed by atoms with Gasteiger partial charge in [0.2, 0.25) is 5.91 Å². The number of nitrogens with one attached hydrogen (secondary N) is 2. The summed E-state index contributed by atoms with van der Waals surface area (Å²) in [6.45, 7) is 2.37. The zero-order chi connectivity index (χ0) is 23.8. The minimum atomic E-state index is -0.229. The van der Waals surface area contributed by atoms with Gasteiger partial charge in [-0.3, -0.25) is 19.9 Å². The Labute approximate surface area is 201 Å². The second kappa shape index (κ2) is 11.2. The van der Waals surface area contributed by atoms with Crippen LogP contribution in [0.25, 0.3) is 0 Å². The molecule has 2 N–H and O–H groups in total. The van der Waals surface area contributed by atoms with Crippen LogP contribution in [0.15, 0.2) is 84.5 Å². The van der Waals surface area contributed by atoms with Crippen molar-refractivity contribution in [2.24, 2.45) is 0 Å². The molecule has 2 aromatic heterocycles. The molecule has 1 unspecified atom stereocenters. The molecule has 0 saturated carbocycles. The molecular formula is C26H24N4O3S. The largest absolute Gasteiger partial charge is 0.489 e. The van der Waals surface area contributed by atoms with E-state index in [9.17, 15) is 9.59 Å². The maximum atomic E-state index is 12.5. The van der Waals surface area contributed by atoms with Crippen molar-refractivity contribution < 1.29 is 14.3 Å². The number of nitrogens with zero attached hydrogens (tertiary/aromatic N) is 2. The number of benzene rings is 2. The van der Waals surface area contributed by atoms with Crippen LogP contribution >= 0.6 is 11.3 Å². The highest BCUT2D eigenvalue weighted by molar-refractivity contribution is 7.14. The van der Waals surface area contributed by atoms with Crippen LogP contribution in [0.3, 0.4) is 0 Å². The summed E-state index contributed by atoms with van der Waals surface area (Å²) in [7, 11) is 0. The van der Waals surface area contributed by atoms with Crippen molar-refractivity contribution in [3.05, 3.63) is 107 Å². The molecule has 2 aromatic carbocycles. The van der Waals surface area contributed by atoms with Gasteiger partial charge in [0.05, 0.1) is 18.2 Å². The average molecular weight is 473 g/mol. The van der Waals surface area contributed by atoms with E-state index in [0.717, 1.165) is 16.9 Å². The molecule has 0 fully saturated rings. The smallest absolute Gasteiger partial charge is 0.257 e. The van der Waals surface area contributed by atoms with Crippen LogP contribution in [0.5, 0.6) is 5.75 Å². The van der Waals surface area contributed by atoms with Gasteiger partial charge in [-0.2, -0.15) is 0 Å². The topological polar surface area (TPSA) is 93.2 Å². The van der Waals surface area contributed by atoms with Crippen molar-refractivity contribution >= 4 is 28.3 Å². The van der Waals surface area contributed by atoms with E-state index in [0.29, 0.717) is 23.0 Å². The number of pyridine rings is 1. The summed E-state index contributed by atoms with van der Waals surface area (Å²) in [4.78, 5) is 33.2. The van der Waals surface area contributed by atoms with Crippen LogP contribution in [0, 0.1) is 0 Å². The lowest BCUT2D eigenvalue weighted by atomic mass is 10.1. The fraction of sp³-hybridized carbons (Fsp3) is 0.154. The predicted molar refractivity (Wildman–Crippen MR) is 132 cm³/mol. The molecule has 2 heterocycles. The number of hydrogen-bond acceptors (Lipinski definition) is 6. The number of hydrogen-bond donors (Lipinski definition) is 2. The van der Waals surface area contributed by atoms with E-state index in [-0.39, 0.29) is 24.3 Å². The van der Waals surface area contributed by atoms with E-state index in [1.807, 2.05) is 49.4 Å². The molecule has 2 amide bonds. The maximum absolute atomic E-state index is 12.5. The highest BCUT2D eigenvalue weighted by Crippen LogP contribution is 2.20. The number of carbonyl (C=O) groups is 2. The van der Waals surface area contributed by atoms with Gasteiger partial charge >= 0.3 is 0 Å². The van der Waals surface area contributed by atoms with Gasteiger partial charge in [0, 0.05) is 28.9 Å². The lowest BCUT2D eigenvalue weighted by Crippen LogP contribution is -2.28. The number of aromatic nitrogens is 2. The first-order valence-corrected chi connectivity index (χ1v) is 11.7. The van der Waals surface area contributed by atoms with Crippen LogP contribution in [-0.2, 0) is 17.8 Å². The maximum Gasteiger partial charge on any atom is 0.257 e.